The molecule has 1 atom stereocenters. The number of ketones is 1. The minimum Gasteiger partial charge on any atom is -0.451 e. The third-order valence-corrected chi connectivity index (χ3v) is 5.38. The zero-order valence-electron chi connectivity index (χ0n) is 14.3. The maximum Gasteiger partial charge on any atom is 0.287 e. The highest BCUT2D eigenvalue weighted by molar-refractivity contribution is 5.94. The minimum absolute atomic E-state index is 0.0311. The highest BCUT2D eigenvalue weighted by atomic mass is 16.3. The van der Waals surface area contributed by atoms with E-state index < -0.39 is 0 Å². The predicted octanol–water partition coefficient (Wildman–Crippen LogP) is 2.97. The van der Waals surface area contributed by atoms with Crippen LogP contribution in [0.3, 0.4) is 0 Å². The lowest BCUT2D eigenvalue weighted by Crippen LogP contribution is -2.57. The molecule has 5 heteroatoms. The van der Waals surface area contributed by atoms with Crippen LogP contribution in [-0.2, 0) is 0 Å². The first kappa shape index (κ1) is 16.1. The number of furan rings is 1. The molecule has 130 valence electrons. The lowest BCUT2D eigenvalue weighted by Gasteiger charge is -2.44. The fourth-order valence-corrected chi connectivity index (χ4v) is 3.85. The Bertz CT molecular complexity index is 786. The lowest BCUT2D eigenvalue weighted by molar-refractivity contribution is 0.0606. The fraction of sp³-hybridized carbons (Fsp3) is 0.400. The number of benzene rings is 1. The Kier molecular flexibility index (Phi) is 4.17. The van der Waals surface area contributed by atoms with Crippen LogP contribution >= 0.6 is 0 Å². The number of nitrogens with one attached hydrogen (secondary N) is 1. The average Bonchev–Trinajstić information content (AvgIpc) is 3.13. The van der Waals surface area contributed by atoms with Crippen LogP contribution in [-0.4, -0.2) is 42.3 Å². The van der Waals surface area contributed by atoms with E-state index in [-0.39, 0.29) is 17.7 Å². The van der Waals surface area contributed by atoms with Crippen molar-refractivity contribution in [1.82, 2.24) is 10.2 Å². The maximum absolute atomic E-state index is 12.5. The fourth-order valence-electron chi connectivity index (χ4n) is 3.85. The number of nitrogens with zero attached hydrogens (tertiary/aromatic N) is 1. The summed E-state index contributed by atoms with van der Waals surface area (Å²) in [5, 5.41) is 3.14. The van der Waals surface area contributed by atoms with Crippen molar-refractivity contribution in [1.29, 1.82) is 0 Å². The number of piperidine rings is 3. The largest absolute Gasteiger partial charge is 0.451 e. The second kappa shape index (κ2) is 6.48. The summed E-state index contributed by atoms with van der Waals surface area (Å²) in [5.41, 5.74) is 1.52. The van der Waals surface area contributed by atoms with E-state index in [9.17, 15) is 9.59 Å². The summed E-state index contributed by atoms with van der Waals surface area (Å²) < 4.78 is 5.74. The molecule has 0 saturated carbocycles. The van der Waals surface area contributed by atoms with Gasteiger partial charge in [0.25, 0.3) is 5.91 Å². The molecule has 1 aromatic carbocycles. The second-order valence-electron chi connectivity index (χ2n) is 7.02. The van der Waals surface area contributed by atoms with Gasteiger partial charge in [0.15, 0.2) is 11.5 Å². The highest BCUT2D eigenvalue weighted by Gasteiger charge is 2.35. The van der Waals surface area contributed by atoms with E-state index in [1.807, 2.05) is 12.1 Å². The smallest absolute Gasteiger partial charge is 0.287 e. The first-order valence-electron chi connectivity index (χ1n) is 8.84. The predicted molar refractivity (Wildman–Crippen MR) is 94.6 cm³/mol. The molecule has 0 radical (unpaired) electrons. The van der Waals surface area contributed by atoms with Crippen molar-refractivity contribution in [2.24, 2.45) is 5.92 Å². The Balaban J connectivity index is 1.45. The van der Waals surface area contributed by atoms with Crippen molar-refractivity contribution < 1.29 is 14.0 Å². The van der Waals surface area contributed by atoms with E-state index in [1.165, 1.54) is 0 Å². The van der Waals surface area contributed by atoms with Crippen LogP contribution in [0.15, 0.2) is 40.8 Å². The molecule has 5 nitrogen and oxygen atoms in total. The molecule has 1 aromatic heterocycles. The zero-order valence-corrected chi connectivity index (χ0v) is 14.3. The Morgan fingerprint density at radius 3 is 2.40 bits per heavy atom. The number of Topliss-reactive ketones (excluding diaryl/α,β-unsaturated/α-hetero) is 1. The van der Waals surface area contributed by atoms with Crippen molar-refractivity contribution in [3.8, 4) is 11.3 Å². The van der Waals surface area contributed by atoms with Gasteiger partial charge in [-0.3, -0.25) is 9.59 Å². The molecular weight excluding hydrogens is 316 g/mol. The van der Waals surface area contributed by atoms with Crippen LogP contribution in [0.1, 0.15) is 40.7 Å². The Morgan fingerprint density at radius 2 is 1.80 bits per heavy atom. The molecule has 3 saturated heterocycles. The van der Waals surface area contributed by atoms with Crippen molar-refractivity contribution in [2.75, 3.05) is 19.6 Å². The van der Waals surface area contributed by atoms with Crippen LogP contribution < -0.4 is 5.32 Å². The van der Waals surface area contributed by atoms with Gasteiger partial charge in [-0.2, -0.15) is 0 Å². The molecule has 3 fully saturated rings. The quantitative estimate of drug-likeness (QED) is 0.871. The molecule has 2 aromatic rings. The molecular formula is C20H22N2O3. The van der Waals surface area contributed by atoms with Gasteiger partial charge >= 0.3 is 0 Å². The number of hydrogen-bond acceptors (Lipinski definition) is 4. The molecule has 1 amide bonds. The van der Waals surface area contributed by atoms with Gasteiger partial charge in [0.2, 0.25) is 0 Å². The molecule has 1 unspecified atom stereocenters. The number of amides is 1. The van der Waals surface area contributed by atoms with Crippen molar-refractivity contribution in [3.63, 3.8) is 0 Å². The standard InChI is InChI=1S/C20H22N2O3/c1-13(23)14-2-4-16(5-3-14)18-6-7-19(25-18)20(24)21-17-12-22-10-8-15(17)9-11-22/h2-7,15,17H,8-12H2,1H3,(H,21,24). The number of rotatable bonds is 4. The SMILES string of the molecule is CC(=O)c1ccc(-c2ccc(C(=O)NC3CN4CCC3CC4)o2)cc1. The second-order valence-corrected chi connectivity index (χ2v) is 7.02. The van der Waals surface area contributed by atoms with E-state index >= 15 is 0 Å². The van der Waals surface area contributed by atoms with E-state index in [0.717, 1.165) is 38.0 Å². The third-order valence-electron chi connectivity index (χ3n) is 5.38. The minimum atomic E-state index is -0.148. The van der Waals surface area contributed by atoms with E-state index in [4.69, 9.17) is 4.42 Å². The lowest BCUT2D eigenvalue weighted by atomic mass is 9.84. The first-order chi connectivity index (χ1) is 12.1. The topological polar surface area (TPSA) is 62.6 Å². The van der Waals surface area contributed by atoms with Crippen molar-refractivity contribution in [2.45, 2.75) is 25.8 Å². The van der Waals surface area contributed by atoms with Crippen LogP contribution in [0.2, 0.25) is 0 Å². The summed E-state index contributed by atoms with van der Waals surface area (Å²) in [6.07, 6.45) is 2.33. The monoisotopic (exact) mass is 338 g/mol. The van der Waals surface area contributed by atoms with Crippen LogP contribution in [0.4, 0.5) is 0 Å². The van der Waals surface area contributed by atoms with Gasteiger partial charge < -0.3 is 14.6 Å². The molecule has 5 rings (SSSR count). The molecule has 1 N–H and O–H groups in total. The number of hydrogen-bond donors (Lipinski definition) is 1. The number of carbonyl (C=O) groups is 2. The van der Waals surface area contributed by atoms with E-state index in [2.05, 4.69) is 10.2 Å². The van der Waals surface area contributed by atoms with E-state index in [1.54, 1.807) is 31.2 Å². The molecule has 2 bridgehead atoms. The van der Waals surface area contributed by atoms with Gasteiger partial charge in [0.05, 0.1) is 0 Å². The van der Waals surface area contributed by atoms with Crippen LogP contribution in [0.5, 0.6) is 0 Å². The van der Waals surface area contributed by atoms with E-state index in [0.29, 0.717) is 23.0 Å². The van der Waals surface area contributed by atoms with Gasteiger partial charge in [-0.15, -0.1) is 0 Å². The number of fused-ring (bicyclic) bond motifs is 3. The summed E-state index contributed by atoms with van der Waals surface area (Å²) in [6.45, 7) is 4.78. The Morgan fingerprint density at radius 1 is 1.08 bits per heavy atom. The summed E-state index contributed by atoms with van der Waals surface area (Å²) in [6, 6.07) is 11.0. The molecule has 0 spiro atoms. The van der Waals surface area contributed by atoms with Crippen molar-refractivity contribution in [3.05, 3.63) is 47.7 Å². The summed E-state index contributed by atoms with van der Waals surface area (Å²) in [4.78, 5) is 26.3. The number of carbonyl (C=O) groups excluding carboxylic acids is 2. The van der Waals surface area contributed by atoms with Gasteiger partial charge in [-0.05, 0) is 50.9 Å². The normalized spacial score (nSPS) is 24.9. The Hall–Kier alpha value is -2.40. The first-order valence-corrected chi connectivity index (χ1v) is 8.84. The van der Waals surface area contributed by atoms with Gasteiger partial charge in [-0.1, -0.05) is 24.3 Å². The zero-order chi connectivity index (χ0) is 17.4. The van der Waals surface area contributed by atoms with Gasteiger partial charge in [0, 0.05) is 23.7 Å². The van der Waals surface area contributed by atoms with Crippen molar-refractivity contribution >= 4 is 11.7 Å². The van der Waals surface area contributed by atoms with Crippen LogP contribution in [0.25, 0.3) is 11.3 Å². The third kappa shape index (κ3) is 3.24. The van der Waals surface area contributed by atoms with Gasteiger partial charge in [0.1, 0.15) is 5.76 Å². The van der Waals surface area contributed by atoms with Gasteiger partial charge in [-0.25, -0.2) is 0 Å². The molecule has 3 aliphatic rings. The summed E-state index contributed by atoms with van der Waals surface area (Å²) in [7, 11) is 0. The molecule has 4 heterocycles. The molecule has 0 aliphatic carbocycles. The summed E-state index contributed by atoms with van der Waals surface area (Å²) in [5.74, 6) is 1.44. The molecule has 25 heavy (non-hydrogen) atoms. The summed E-state index contributed by atoms with van der Waals surface area (Å²) >= 11 is 0. The molecule has 3 aliphatic heterocycles. The average molecular weight is 338 g/mol. The highest BCUT2D eigenvalue weighted by Crippen LogP contribution is 2.28. The van der Waals surface area contributed by atoms with Crippen LogP contribution in [0, 0.1) is 5.92 Å². The maximum atomic E-state index is 12.5. The Labute approximate surface area is 147 Å².